The molecule has 0 bridgehead atoms. The Balaban J connectivity index is 2.55. The maximum absolute atomic E-state index is 11.6. The molecule has 0 saturated carbocycles. The van der Waals surface area contributed by atoms with Crippen molar-refractivity contribution in [1.82, 2.24) is 15.1 Å². The Bertz CT molecular complexity index is 328. The fourth-order valence-corrected chi connectivity index (χ4v) is 1.33. The van der Waals surface area contributed by atoms with Crippen LogP contribution in [0.5, 0.6) is 0 Å². The van der Waals surface area contributed by atoms with Crippen molar-refractivity contribution in [2.24, 2.45) is 0 Å². The van der Waals surface area contributed by atoms with E-state index in [9.17, 15) is 9.59 Å². The van der Waals surface area contributed by atoms with Gasteiger partial charge < -0.3 is 4.90 Å². The summed E-state index contributed by atoms with van der Waals surface area (Å²) >= 11 is 0. The second-order valence-corrected chi connectivity index (χ2v) is 3.13. The molecule has 5 nitrogen and oxygen atoms in total. The third-order valence-corrected chi connectivity index (χ3v) is 2.21. The fraction of sp³-hybridized carbons (Fsp3) is 0.500. The maximum atomic E-state index is 11.6. The second-order valence-electron chi connectivity index (χ2n) is 3.13. The molecule has 15 heavy (non-hydrogen) atoms. The number of H-pyrrole nitrogens is 1. The summed E-state index contributed by atoms with van der Waals surface area (Å²) < 4.78 is 0. The highest BCUT2D eigenvalue weighted by Gasteiger charge is 2.16. The van der Waals surface area contributed by atoms with Crippen molar-refractivity contribution in [1.29, 1.82) is 0 Å². The molecule has 5 heteroatoms. The van der Waals surface area contributed by atoms with E-state index >= 15 is 0 Å². The molecule has 1 aromatic rings. The molecule has 0 unspecified atom stereocenters. The van der Waals surface area contributed by atoms with Gasteiger partial charge >= 0.3 is 0 Å². The van der Waals surface area contributed by atoms with Gasteiger partial charge in [0.05, 0.1) is 6.42 Å². The Hall–Kier alpha value is -1.65. The minimum Gasteiger partial charge on any atom is -0.343 e. The number of hydrogen-bond donors (Lipinski definition) is 1. The van der Waals surface area contributed by atoms with Crippen molar-refractivity contribution in [2.75, 3.05) is 13.1 Å². The lowest BCUT2D eigenvalue weighted by atomic mass is 10.2. The zero-order chi connectivity index (χ0) is 11.3. The minimum absolute atomic E-state index is 0.105. The Morgan fingerprint density at radius 2 is 2.07 bits per heavy atom. The third kappa shape index (κ3) is 2.90. The van der Waals surface area contributed by atoms with E-state index < -0.39 is 0 Å². The fourth-order valence-electron chi connectivity index (χ4n) is 1.33. The summed E-state index contributed by atoms with van der Waals surface area (Å²) in [6.45, 7) is 5.03. The van der Waals surface area contributed by atoms with Crippen molar-refractivity contribution < 1.29 is 9.59 Å². The van der Waals surface area contributed by atoms with Crippen molar-refractivity contribution >= 4 is 11.7 Å². The van der Waals surface area contributed by atoms with Crippen LogP contribution in [-0.4, -0.2) is 39.9 Å². The van der Waals surface area contributed by atoms with E-state index in [1.807, 2.05) is 13.8 Å². The zero-order valence-corrected chi connectivity index (χ0v) is 8.99. The zero-order valence-electron chi connectivity index (χ0n) is 8.99. The van der Waals surface area contributed by atoms with Gasteiger partial charge in [-0.2, -0.15) is 5.10 Å². The van der Waals surface area contributed by atoms with Crippen LogP contribution in [0.25, 0.3) is 0 Å². The largest absolute Gasteiger partial charge is 0.343 e. The summed E-state index contributed by atoms with van der Waals surface area (Å²) in [5, 5.41) is 6.28. The molecule has 0 atom stereocenters. The number of amides is 1. The lowest BCUT2D eigenvalue weighted by Crippen LogP contribution is -2.32. The number of carbonyl (C=O) groups is 2. The summed E-state index contributed by atoms with van der Waals surface area (Å²) in [5.41, 5.74) is 0.315. The van der Waals surface area contributed by atoms with E-state index in [0.717, 1.165) is 0 Å². The molecule has 1 aromatic heterocycles. The molecule has 1 heterocycles. The molecule has 1 amide bonds. The number of aromatic nitrogens is 2. The molecule has 1 N–H and O–H groups in total. The Kier molecular flexibility index (Phi) is 4.03. The number of hydrogen-bond acceptors (Lipinski definition) is 3. The van der Waals surface area contributed by atoms with Crippen LogP contribution in [0.4, 0.5) is 0 Å². The van der Waals surface area contributed by atoms with Gasteiger partial charge in [0.2, 0.25) is 5.91 Å². The van der Waals surface area contributed by atoms with E-state index in [2.05, 4.69) is 10.2 Å². The summed E-state index contributed by atoms with van der Waals surface area (Å²) in [6, 6.07) is 1.57. The number of aromatic amines is 1. The lowest BCUT2D eigenvalue weighted by Gasteiger charge is -2.17. The Morgan fingerprint density at radius 1 is 1.40 bits per heavy atom. The summed E-state index contributed by atoms with van der Waals surface area (Å²) in [5.74, 6) is -0.388. The Labute approximate surface area is 88.5 Å². The topological polar surface area (TPSA) is 66.1 Å². The van der Waals surface area contributed by atoms with E-state index in [-0.39, 0.29) is 18.1 Å². The molecule has 0 aliphatic carbocycles. The molecule has 0 fully saturated rings. The Morgan fingerprint density at radius 3 is 2.53 bits per heavy atom. The van der Waals surface area contributed by atoms with Gasteiger partial charge in [-0.25, -0.2) is 0 Å². The van der Waals surface area contributed by atoms with E-state index in [1.54, 1.807) is 17.2 Å². The second kappa shape index (κ2) is 5.29. The van der Waals surface area contributed by atoms with E-state index in [4.69, 9.17) is 0 Å². The average molecular weight is 209 g/mol. The minimum atomic E-state index is -0.242. The highest BCUT2D eigenvalue weighted by atomic mass is 16.2. The third-order valence-electron chi connectivity index (χ3n) is 2.21. The van der Waals surface area contributed by atoms with Crippen molar-refractivity contribution in [2.45, 2.75) is 20.3 Å². The molecule has 0 aliphatic rings. The first-order valence-electron chi connectivity index (χ1n) is 4.99. The molecule has 1 rings (SSSR count). The van der Waals surface area contributed by atoms with Gasteiger partial charge in [-0.05, 0) is 19.9 Å². The van der Waals surface area contributed by atoms with Crippen LogP contribution < -0.4 is 0 Å². The molecular formula is C10H15N3O2. The summed E-state index contributed by atoms with van der Waals surface area (Å²) in [4.78, 5) is 24.7. The maximum Gasteiger partial charge on any atom is 0.230 e. The number of ketones is 1. The predicted octanol–water partition coefficient (Wildman–Crippen LogP) is 0.851. The first-order valence-corrected chi connectivity index (χ1v) is 4.99. The van der Waals surface area contributed by atoms with Crippen molar-refractivity contribution in [3.8, 4) is 0 Å². The molecular weight excluding hydrogens is 194 g/mol. The first-order chi connectivity index (χ1) is 7.19. The molecule has 0 radical (unpaired) electrons. The van der Waals surface area contributed by atoms with Gasteiger partial charge in [0.15, 0.2) is 5.78 Å². The van der Waals surface area contributed by atoms with Gasteiger partial charge in [0.25, 0.3) is 0 Å². The summed E-state index contributed by atoms with van der Waals surface area (Å²) in [7, 11) is 0. The highest BCUT2D eigenvalue weighted by molar-refractivity contribution is 6.06. The van der Waals surface area contributed by atoms with Gasteiger partial charge in [0, 0.05) is 19.3 Å². The van der Waals surface area contributed by atoms with E-state index in [0.29, 0.717) is 18.8 Å². The van der Waals surface area contributed by atoms with Gasteiger partial charge in [0.1, 0.15) is 5.69 Å². The quantitative estimate of drug-likeness (QED) is 0.577. The standard InChI is InChI=1S/C10H15N3O2/c1-3-13(4-2)10(15)7-9(14)8-5-6-11-12-8/h5-6H,3-4,7H2,1-2H3,(H,11,12). The highest BCUT2D eigenvalue weighted by Crippen LogP contribution is 2.01. The molecule has 0 aliphatic heterocycles. The van der Waals surface area contributed by atoms with Gasteiger partial charge in [-0.3, -0.25) is 14.7 Å². The van der Waals surface area contributed by atoms with Gasteiger partial charge in [-0.15, -0.1) is 0 Å². The van der Waals surface area contributed by atoms with Crippen LogP contribution in [0.15, 0.2) is 12.3 Å². The number of Topliss-reactive ketones (excluding diaryl/α,β-unsaturated/α-hetero) is 1. The number of nitrogens with one attached hydrogen (secondary N) is 1. The normalized spacial score (nSPS) is 10.0. The average Bonchev–Trinajstić information content (AvgIpc) is 2.72. The molecule has 0 aromatic carbocycles. The van der Waals surface area contributed by atoms with Crippen LogP contribution in [-0.2, 0) is 4.79 Å². The van der Waals surface area contributed by atoms with Crippen LogP contribution in [0.3, 0.4) is 0 Å². The van der Waals surface area contributed by atoms with Crippen molar-refractivity contribution in [3.05, 3.63) is 18.0 Å². The van der Waals surface area contributed by atoms with E-state index in [1.165, 1.54) is 0 Å². The van der Waals surface area contributed by atoms with Crippen LogP contribution >= 0.6 is 0 Å². The summed E-state index contributed by atoms with van der Waals surface area (Å²) in [6.07, 6.45) is 1.46. The first kappa shape index (κ1) is 11.4. The van der Waals surface area contributed by atoms with Crippen molar-refractivity contribution in [3.63, 3.8) is 0 Å². The monoisotopic (exact) mass is 209 g/mol. The SMILES string of the molecule is CCN(CC)C(=O)CC(=O)c1cc[nH]n1. The molecule has 0 spiro atoms. The number of carbonyl (C=O) groups excluding carboxylic acids is 2. The molecule has 0 saturated heterocycles. The smallest absolute Gasteiger partial charge is 0.230 e. The predicted molar refractivity (Wildman–Crippen MR) is 55.5 cm³/mol. The van der Waals surface area contributed by atoms with Crippen LogP contribution in [0.1, 0.15) is 30.8 Å². The lowest BCUT2D eigenvalue weighted by molar-refractivity contribution is -0.129. The van der Waals surface area contributed by atoms with Crippen LogP contribution in [0, 0.1) is 0 Å². The number of rotatable bonds is 5. The molecule has 82 valence electrons. The number of nitrogens with zero attached hydrogens (tertiary/aromatic N) is 2. The van der Waals surface area contributed by atoms with Crippen LogP contribution in [0.2, 0.25) is 0 Å². The van der Waals surface area contributed by atoms with Gasteiger partial charge in [-0.1, -0.05) is 0 Å².